The highest BCUT2D eigenvalue weighted by Crippen LogP contribution is 2.39. The molecular formula is C44H45Cl2N7O3S. The second kappa shape index (κ2) is 18.6. The van der Waals surface area contributed by atoms with Crippen LogP contribution in [0.1, 0.15) is 41.5 Å². The molecule has 0 aliphatic carbocycles. The van der Waals surface area contributed by atoms with E-state index in [0.29, 0.717) is 64.3 Å². The molecule has 3 unspecified atom stereocenters. The van der Waals surface area contributed by atoms with Gasteiger partial charge in [-0.05, 0) is 89.5 Å². The van der Waals surface area contributed by atoms with E-state index >= 15 is 0 Å². The van der Waals surface area contributed by atoms with Crippen molar-refractivity contribution >= 4 is 74.4 Å². The number of aromatic nitrogens is 2. The van der Waals surface area contributed by atoms with Gasteiger partial charge in [-0.15, -0.1) is 0 Å². The van der Waals surface area contributed by atoms with Crippen LogP contribution in [0.2, 0.25) is 10.0 Å². The van der Waals surface area contributed by atoms with Gasteiger partial charge in [-0.1, -0.05) is 102 Å². The van der Waals surface area contributed by atoms with Crippen LogP contribution in [-0.4, -0.2) is 64.3 Å². The van der Waals surface area contributed by atoms with Gasteiger partial charge in [0.05, 0.1) is 11.1 Å². The van der Waals surface area contributed by atoms with Crippen molar-refractivity contribution in [1.82, 2.24) is 30.8 Å². The number of nitrogens with zero attached hydrogens (tertiary/aromatic N) is 2. The summed E-state index contributed by atoms with van der Waals surface area (Å²) >= 11 is 14.8. The minimum Gasteiger partial charge on any atom is -0.361 e. The summed E-state index contributed by atoms with van der Waals surface area (Å²) < 4.78 is 0. The van der Waals surface area contributed by atoms with Crippen LogP contribution in [0.5, 0.6) is 0 Å². The molecule has 1 aliphatic rings. The number of benzene rings is 4. The Bertz CT molecular complexity index is 2400. The topological polar surface area (TPSA) is 145 Å². The summed E-state index contributed by atoms with van der Waals surface area (Å²) in [6.07, 6.45) is 5.79. The number of nitrogens with two attached hydrogens (primary N) is 1. The zero-order chi connectivity index (χ0) is 39.9. The van der Waals surface area contributed by atoms with Crippen molar-refractivity contribution in [3.05, 3.63) is 136 Å². The van der Waals surface area contributed by atoms with Crippen molar-refractivity contribution in [2.24, 2.45) is 5.73 Å². The first kappa shape index (κ1) is 40.3. The number of rotatable bonds is 8. The van der Waals surface area contributed by atoms with E-state index in [-0.39, 0.29) is 30.7 Å². The van der Waals surface area contributed by atoms with E-state index in [4.69, 9.17) is 33.9 Å². The molecule has 3 amide bonds. The first-order valence-corrected chi connectivity index (χ1v) is 20.7. The molecule has 10 nitrogen and oxygen atoms in total. The minimum atomic E-state index is -0.931. The van der Waals surface area contributed by atoms with Crippen LogP contribution in [0.4, 0.5) is 0 Å². The highest BCUT2D eigenvalue weighted by molar-refractivity contribution is 7.99. The normalized spacial score (nSPS) is 18.5. The van der Waals surface area contributed by atoms with Crippen LogP contribution in [0, 0.1) is 0 Å². The van der Waals surface area contributed by atoms with Crippen molar-refractivity contribution in [1.29, 1.82) is 0 Å². The van der Waals surface area contributed by atoms with Gasteiger partial charge >= 0.3 is 0 Å². The van der Waals surface area contributed by atoms with Gasteiger partial charge in [0.15, 0.2) is 0 Å². The van der Waals surface area contributed by atoms with Crippen LogP contribution in [-0.2, 0) is 40.3 Å². The third-order valence-electron chi connectivity index (χ3n) is 10.5. The number of carbonyl (C=O) groups excluding carboxylic acids is 3. The predicted molar refractivity (Wildman–Crippen MR) is 228 cm³/mol. The third-order valence-corrected chi connectivity index (χ3v) is 12.4. The Morgan fingerprint density at radius 1 is 0.825 bits per heavy atom. The number of fused-ring (bicyclic) bond motifs is 4. The average molecular weight is 823 g/mol. The molecule has 0 spiro atoms. The number of hydrogen-bond donors (Lipinski definition) is 5. The fourth-order valence-corrected chi connectivity index (χ4v) is 9.07. The summed E-state index contributed by atoms with van der Waals surface area (Å²) in [7, 11) is 1.63. The van der Waals surface area contributed by atoms with E-state index in [0.717, 1.165) is 38.4 Å². The molecule has 294 valence electrons. The number of pyridine rings is 1. The van der Waals surface area contributed by atoms with E-state index in [1.807, 2.05) is 79.0 Å². The smallest absolute Gasteiger partial charge is 0.245 e. The van der Waals surface area contributed by atoms with Gasteiger partial charge in [0.2, 0.25) is 17.7 Å². The molecule has 0 saturated carbocycles. The molecule has 3 atom stereocenters. The zero-order valence-corrected chi connectivity index (χ0v) is 33.9. The maximum absolute atomic E-state index is 14.7. The molecule has 0 radical (unpaired) electrons. The van der Waals surface area contributed by atoms with Crippen molar-refractivity contribution in [2.75, 3.05) is 13.6 Å². The van der Waals surface area contributed by atoms with E-state index in [1.54, 1.807) is 25.4 Å². The molecule has 13 heteroatoms. The molecule has 0 bridgehead atoms. The number of amides is 3. The van der Waals surface area contributed by atoms with Gasteiger partial charge in [0, 0.05) is 59.8 Å². The molecule has 0 saturated heterocycles. The maximum Gasteiger partial charge on any atom is 0.245 e. The van der Waals surface area contributed by atoms with Crippen LogP contribution in [0.25, 0.3) is 21.7 Å². The lowest BCUT2D eigenvalue weighted by atomic mass is 9.97. The molecule has 6 N–H and O–H groups in total. The van der Waals surface area contributed by atoms with Crippen molar-refractivity contribution in [2.45, 2.75) is 73.2 Å². The molecule has 1 aliphatic heterocycles. The Morgan fingerprint density at radius 3 is 2.46 bits per heavy atom. The first-order chi connectivity index (χ1) is 27.7. The summed E-state index contributed by atoms with van der Waals surface area (Å²) in [5.74, 6) is -1.07. The molecule has 0 fully saturated rings. The standard InChI is InChI=1S/C44H45Cl2N7O3S/c1-53-39(22-30-25-49-36-16-5-4-15-34(30)36)42(55)51-26-31-20-32(45)23-35(46)40(31)57-43-29(13-9-19-48-43)24-50-38(41(54)52-37(44(53)56)17-6-7-18-47)21-28-12-8-11-27-10-2-3-14-33(27)28/h2-5,8-16,19-20,23,25,37-39,49-50H,6-7,17-18,21-22,24,26,47H2,1H3,(H,51,55)(H,52,54). The fourth-order valence-electron chi connectivity index (χ4n) is 7.42. The Kier molecular flexibility index (Phi) is 13.1. The Hall–Kier alpha value is -4.91. The number of nitrogens with one attached hydrogen (secondary N) is 4. The first-order valence-electron chi connectivity index (χ1n) is 19.1. The second-order valence-electron chi connectivity index (χ2n) is 14.3. The Balaban J connectivity index is 1.31. The summed E-state index contributed by atoms with van der Waals surface area (Å²) in [4.78, 5) is 53.9. The number of unbranched alkanes of at least 4 members (excludes halogenated alkanes) is 1. The second-order valence-corrected chi connectivity index (χ2v) is 16.2. The lowest BCUT2D eigenvalue weighted by molar-refractivity contribution is -0.142. The van der Waals surface area contributed by atoms with E-state index in [2.05, 4.69) is 27.0 Å². The van der Waals surface area contributed by atoms with Gasteiger partial charge in [0.1, 0.15) is 17.1 Å². The molecule has 3 heterocycles. The SMILES string of the molecule is CN1C(=O)C(CCCCN)NC(=O)C(Cc2cccc3ccccc23)NCc2cccnc2Sc2c(Cl)cc(Cl)cc2CNC(=O)C1Cc1c[nH]c2ccccc12. The molecule has 57 heavy (non-hydrogen) atoms. The van der Waals surface area contributed by atoms with Gasteiger partial charge < -0.3 is 31.6 Å². The molecular weight excluding hydrogens is 778 g/mol. The summed E-state index contributed by atoms with van der Waals surface area (Å²) in [5.41, 5.74) is 10.2. The van der Waals surface area contributed by atoms with Gasteiger partial charge in [-0.3, -0.25) is 14.4 Å². The van der Waals surface area contributed by atoms with E-state index < -0.39 is 18.1 Å². The average Bonchev–Trinajstić information content (AvgIpc) is 3.63. The Labute approximate surface area is 346 Å². The molecule has 6 aromatic rings. The zero-order valence-electron chi connectivity index (χ0n) is 31.6. The van der Waals surface area contributed by atoms with Crippen LogP contribution in [0.15, 0.2) is 113 Å². The molecule has 2 aromatic heterocycles. The van der Waals surface area contributed by atoms with Crippen LogP contribution >= 0.6 is 35.0 Å². The van der Waals surface area contributed by atoms with Crippen LogP contribution < -0.4 is 21.7 Å². The Morgan fingerprint density at radius 2 is 1.61 bits per heavy atom. The molecule has 7 rings (SSSR count). The number of halogens is 2. The number of hydrogen-bond acceptors (Lipinski definition) is 7. The number of para-hydroxylation sites is 1. The molecule has 4 aromatic carbocycles. The number of H-pyrrole nitrogens is 1. The monoisotopic (exact) mass is 821 g/mol. The van der Waals surface area contributed by atoms with E-state index in [1.165, 1.54) is 16.7 Å². The number of carbonyl (C=O) groups is 3. The number of aromatic amines is 1. The highest BCUT2D eigenvalue weighted by Gasteiger charge is 2.34. The minimum absolute atomic E-state index is 0.0953. The van der Waals surface area contributed by atoms with E-state index in [9.17, 15) is 14.4 Å². The van der Waals surface area contributed by atoms with Gasteiger partial charge in [0.25, 0.3) is 0 Å². The van der Waals surface area contributed by atoms with Gasteiger partial charge in [-0.25, -0.2) is 4.98 Å². The largest absolute Gasteiger partial charge is 0.361 e. The quantitative estimate of drug-likeness (QED) is 0.102. The lowest BCUT2D eigenvalue weighted by Gasteiger charge is -2.32. The van der Waals surface area contributed by atoms with Crippen molar-refractivity contribution in [3.8, 4) is 0 Å². The maximum atomic E-state index is 14.7. The predicted octanol–water partition coefficient (Wildman–Crippen LogP) is 7.19. The summed E-state index contributed by atoms with van der Waals surface area (Å²) in [6.45, 7) is 0.843. The van der Waals surface area contributed by atoms with Crippen LogP contribution in [0.3, 0.4) is 0 Å². The van der Waals surface area contributed by atoms with Crippen molar-refractivity contribution in [3.63, 3.8) is 0 Å². The third kappa shape index (κ3) is 9.46. The number of likely N-dealkylation sites (N-methyl/N-ethyl adjacent to an activating group) is 1. The lowest BCUT2D eigenvalue weighted by Crippen LogP contribution is -2.57. The summed E-state index contributed by atoms with van der Waals surface area (Å²) in [6, 6.07) is 26.7. The van der Waals surface area contributed by atoms with Crippen molar-refractivity contribution < 1.29 is 14.4 Å². The highest BCUT2D eigenvalue weighted by atomic mass is 35.5. The fraction of sp³-hybridized carbons (Fsp3) is 0.273. The summed E-state index contributed by atoms with van der Waals surface area (Å²) in [5, 5.41) is 14.3. The van der Waals surface area contributed by atoms with Gasteiger partial charge in [-0.2, -0.15) is 0 Å².